The third-order valence-corrected chi connectivity index (χ3v) is 5.18. The quantitative estimate of drug-likeness (QED) is 0.813. The molecule has 0 aromatic heterocycles. The molecule has 0 amide bonds. The van der Waals surface area contributed by atoms with Gasteiger partial charge in [0.1, 0.15) is 0 Å². The molecule has 2 saturated heterocycles. The summed E-state index contributed by atoms with van der Waals surface area (Å²) in [6, 6.07) is 0.716. The normalized spacial score (nSPS) is 36.0. The highest BCUT2D eigenvalue weighted by atomic mass is 15.2. The summed E-state index contributed by atoms with van der Waals surface area (Å²) in [4.78, 5) is 2.66. The third-order valence-electron chi connectivity index (χ3n) is 5.18. The van der Waals surface area contributed by atoms with Crippen molar-refractivity contribution in [1.29, 1.82) is 0 Å². The van der Waals surface area contributed by atoms with E-state index in [-0.39, 0.29) is 0 Å². The van der Waals surface area contributed by atoms with Crippen molar-refractivity contribution in [1.82, 2.24) is 10.2 Å². The summed E-state index contributed by atoms with van der Waals surface area (Å²) in [5, 5.41) is 3.91. The maximum Gasteiger partial charge on any atom is 0.0245 e. The fourth-order valence-corrected chi connectivity index (χ4v) is 3.94. The highest BCUT2D eigenvalue weighted by molar-refractivity contribution is 5.02. The van der Waals surface area contributed by atoms with Gasteiger partial charge in [0.25, 0.3) is 0 Å². The lowest BCUT2D eigenvalue weighted by molar-refractivity contribution is 0.103. The zero-order valence-corrected chi connectivity index (χ0v) is 12.1. The van der Waals surface area contributed by atoms with Gasteiger partial charge in [-0.3, -0.25) is 0 Å². The number of hydrogen-bond acceptors (Lipinski definition) is 2. The SMILES string of the molecule is CC(C)N1CCC(C2(C(C)C)CCCCN2)C1. The second-order valence-corrected chi connectivity index (χ2v) is 6.65. The second-order valence-electron chi connectivity index (χ2n) is 6.65. The second kappa shape index (κ2) is 5.27. The first-order chi connectivity index (χ1) is 8.06. The molecule has 0 bridgehead atoms. The van der Waals surface area contributed by atoms with E-state index in [0.29, 0.717) is 11.6 Å². The number of hydrogen-bond donors (Lipinski definition) is 1. The summed E-state index contributed by atoms with van der Waals surface area (Å²) in [5.74, 6) is 1.63. The van der Waals surface area contributed by atoms with Gasteiger partial charge in [-0.05, 0) is 58.0 Å². The average molecular weight is 238 g/mol. The molecular weight excluding hydrogens is 208 g/mol. The topological polar surface area (TPSA) is 15.3 Å². The summed E-state index contributed by atoms with van der Waals surface area (Å²) >= 11 is 0. The van der Waals surface area contributed by atoms with E-state index in [9.17, 15) is 0 Å². The van der Waals surface area contributed by atoms with Gasteiger partial charge in [-0.15, -0.1) is 0 Å². The number of nitrogens with one attached hydrogen (secondary N) is 1. The molecule has 2 aliphatic heterocycles. The van der Waals surface area contributed by atoms with Gasteiger partial charge < -0.3 is 10.2 Å². The van der Waals surface area contributed by atoms with E-state index in [1.165, 1.54) is 45.3 Å². The lowest BCUT2D eigenvalue weighted by atomic mass is 9.70. The Morgan fingerprint density at radius 2 is 1.94 bits per heavy atom. The van der Waals surface area contributed by atoms with Gasteiger partial charge >= 0.3 is 0 Å². The summed E-state index contributed by atoms with van der Waals surface area (Å²) in [7, 11) is 0. The zero-order chi connectivity index (χ0) is 12.5. The Bertz CT molecular complexity index is 241. The lowest BCUT2D eigenvalue weighted by Gasteiger charge is -2.47. The van der Waals surface area contributed by atoms with Crippen molar-refractivity contribution in [3.63, 3.8) is 0 Å². The predicted octanol–water partition coefficient (Wildman–Crippen LogP) is 2.89. The van der Waals surface area contributed by atoms with Gasteiger partial charge in [0.05, 0.1) is 0 Å². The van der Waals surface area contributed by atoms with E-state index in [0.717, 1.165) is 11.8 Å². The van der Waals surface area contributed by atoms with Crippen LogP contribution in [-0.2, 0) is 0 Å². The van der Waals surface area contributed by atoms with E-state index in [1.54, 1.807) is 0 Å². The van der Waals surface area contributed by atoms with Crippen LogP contribution < -0.4 is 5.32 Å². The molecule has 0 spiro atoms. The smallest absolute Gasteiger partial charge is 0.0245 e. The van der Waals surface area contributed by atoms with Crippen molar-refractivity contribution in [2.75, 3.05) is 19.6 Å². The molecule has 2 rings (SSSR count). The van der Waals surface area contributed by atoms with Crippen molar-refractivity contribution >= 4 is 0 Å². The predicted molar refractivity (Wildman–Crippen MR) is 74.2 cm³/mol. The van der Waals surface area contributed by atoms with Crippen LogP contribution in [-0.4, -0.2) is 36.1 Å². The minimum Gasteiger partial charge on any atom is -0.311 e. The molecule has 2 aliphatic rings. The maximum atomic E-state index is 3.91. The van der Waals surface area contributed by atoms with Crippen molar-refractivity contribution in [2.45, 2.75) is 65.0 Å². The van der Waals surface area contributed by atoms with Crippen molar-refractivity contribution in [3.8, 4) is 0 Å². The summed E-state index contributed by atoms with van der Waals surface area (Å²) in [5.41, 5.74) is 0.432. The van der Waals surface area contributed by atoms with Crippen LogP contribution in [0.4, 0.5) is 0 Å². The first-order valence-corrected chi connectivity index (χ1v) is 7.55. The van der Waals surface area contributed by atoms with Crippen LogP contribution in [0.25, 0.3) is 0 Å². The molecule has 2 heteroatoms. The van der Waals surface area contributed by atoms with Crippen LogP contribution in [0.5, 0.6) is 0 Å². The Hall–Kier alpha value is -0.0800. The summed E-state index contributed by atoms with van der Waals surface area (Å²) in [6.45, 7) is 13.3. The van der Waals surface area contributed by atoms with Crippen LogP contribution in [0.2, 0.25) is 0 Å². The fourth-order valence-electron chi connectivity index (χ4n) is 3.94. The highest BCUT2D eigenvalue weighted by Crippen LogP contribution is 2.39. The molecule has 0 radical (unpaired) electrons. The summed E-state index contributed by atoms with van der Waals surface area (Å²) in [6.07, 6.45) is 5.57. The van der Waals surface area contributed by atoms with Gasteiger partial charge in [0.15, 0.2) is 0 Å². The average Bonchev–Trinajstić information content (AvgIpc) is 2.79. The number of likely N-dealkylation sites (tertiary alicyclic amines) is 1. The van der Waals surface area contributed by atoms with E-state index < -0.39 is 0 Å². The van der Waals surface area contributed by atoms with Crippen LogP contribution in [0.3, 0.4) is 0 Å². The van der Waals surface area contributed by atoms with E-state index in [2.05, 4.69) is 37.9 Å². The van der Waals surface area contributed by atoms with E-state index >= 15 is 0 Å². The van der Waals surface area contributed by atoms with Crippen molar-refractivity contribution < 1.29 is 0 Å². The first kappa shape index (κ1) is 13.4. The molecule has 0 aromatic rings. The molecule has 0 aromatic carbocycles. The molecular formula is C15H30N2. The van der Waals surface area contributed by atoms with Crippen LogP contribution >= 0.6 is 0 Å². The van der Waals surface area contributed by atoms with Crippen LogP contribution in [0, 0.1) is 11.8 Å². The van der Waals surface area contributed by atoms with Gasteiger partial charge in [0.2, 0.25) is 0 Å². The molecule has 1 N–H and O–H groups in total. The molecule has 0 saturated carbocycles. The Morgan fingerprint density at radius 3 is 2.41 bits per heavy atom. The van der Waals surface area contributed by atoms with E-state index in [4.69, 9.17) is 0 Å². The molecule has 2 atom stereocenters. The standard InChI is InChI=1S/C15H30N2/c1-12(2)15(8-5-6-9-16-15)14-7-10-17(11-14)13(3)4/h12-14,16H,5-11H2,1-4H3. The van der Waals surface area contributed by atoms with E-state index in [1.807, 2.05) is 0 Å². The van der Waals surface area contributed by atoms with Crippen molar-refractivity contribution in [2.24, 2.45) is 11.8 Å². The number of rotatable bonds is 3. The fraction of sp³-hybridized carbons (Fsp3) is 1.00. The van der Waals surface area contributed by atoms with Crippen LogP contribution in [0.1, 0.15) is 53.4 Å². The third kappa shape index (κ3) is 2.53. The highest BCUT2D eigenvalue weighted by Gasteiger charge is 2.44. The summed E-state index contributed by atoms with van der Waals surface area (Å²) < 4.78 is 0. The molecule has 2 nitrogen and oxygen atoms in total. The lowest BCUT2D eigenvalue weighted by Crippen LogP contribution is -2.58. The van der Waals surface area contributed by atoms with Gasteiger partial charge in [-0.2, -0.15) is 0 Å². The molecule has 0 aliphatic carbocycles. The van der Waals surface area contributed by atoms with Gasteiger partial charge in [-0.1, -0.05) is 20.3 Å². The van der Waals surface area contributed by atoms with Gasteiger partial charge in [-0.25, -0.2) is 0 Å². The van der Waals surface area contributed by atoms with Crippen LogP contribution in [0.15, 0.2) is 0 Å². The number of piperidine rings is 1. The molecule has 17 heavy (non-hydrogen) atoms. The Labute approximate surface area is 107 Å². The Kier molecular flexibility index (Phi) is 4.14. The zero-order valence-electron chi connectivity index (χ0n) is 12.1. The largest absolute Gasteiger partial charge is 0.311 e. The monoisotopic (exact) mass is 238 g/mol. The first-order valence-electron chi connectivity index (χ1n) is 7.55. The molecule has 2 fully saturated rings. The minimum absolute atomic E-state index is 0.432. The Morgan fingerprint density at radius 1 is 1.18 bits per heavy atom. The van der Waals surface area contributed by atoms with Crippen molar-refractivity contribution in [3.05, 3.63) is 0 Å². The number of nitrogens with zero attached hydrogens (tertiary/aromatic N) is 1. The molecule has 2 unspecified atom stereocenters. The maximum absolute atomic E-state index is 3.91. The Balaban J connectivity index is 2.07. The van der Waals surface area contributed by atoms with Gasteiger partial charge in [0, 0.05) is 18.1 Å². The molecule has 2 heterocycles. The minimum atomic E-state index is 0.432. The molecule has 100 valence electrons.